The Kier molecular flexibility index (Phi) is 7.87. The van der Waals surface area contributed by atoms with Crippen molar-refractivity contribution in [1.82, 2.24) is 0 Å². The largest absolute Gasteiger partial charge is 0.273 e. The van der Waals surface area contributed by atoms with Crippen LogP contribution in [0.4, 0.5) is 0 Å². The van der Waals surface area contributed by atoms with E-state index in [2.05, 4.69) is 128 Å². The van der Waals surface area contributed by atoms with Crippen LogP contribution in [0.25, 0.3) is 21.5 Å². The van der Waals surface area contributed by atoms with Gasteiger partial charge in [-0.15, -0.1) is 46.2 Å². The summed E-state index contributed by atoms with van der Waals surface area (Å²) in [6.45, 7) is 13.6. The van der Waals surface area contributed by atoms with Crippen LogP contribution in [-0.4, -0.2) is 3.81 Å². The normalized spacial score (nSPS) is 13.1. The zero-order chi connectivity index (χ0) is 20.8. The van der Waals surface area contributed by atoms with Crippen LogP contribution in [0.15, 0.2) is 72.8 Å². The van der Waals surface area contributed by atoms with Gasteiger partial charge in [-0.2, -0.15) is 6.08 Å². The Balaban J connectivity index is 0.000000166. The van der Waals surface area contributed by atoms with E-state index < -0.39 is 0 Å². The summed E-state index contributed by atoms with van der Waals surface area (Å²) in [6, 6.07) is 19.3. The molecule has 1 aliphatic carbocycles. The molecule has 3 aromatic rings. The van der Waals surface area contributed by atoms with Crippen molar-refractivity contribution < 1.29 is 20.0 Å². The zero-order valence-corrected chi connectivity index (χ0v) is 19.7. The molecule has 28 heavy (non-hydrogen) atoms. The van der Waals surface area contributed by atoms with Gasteiger partial charge in [-0.25, -0.2) is 12.2 Å². The van der Waals surface area contributed by atoms with Crippen LogP contribution < -0.4 is 0 Å². The SMILES string of the molecule is CC(C)(C)[C](=[Ti+2])C(C)(C)C.[C-]1=CC=CC1.c1ccc2c(c1)[cH-]c1ccccc12. The van der Waals surface area contributed by atoms with Crippen LogP contribution in [0.2, 0.25) is 0 Å². The van der Waals surface area contributed by atoms with E-state index in [9.17, 15) is 0 Å². The number of benzene rings is 2. The molecule has 0 N–H and O–H groups in total. The molecule has 0 amide bonds. The Morgan fingerprint density at radius 2 is 1.29 bits per heavy atom. The molecule has 0 unspecified atom stereocenters. The summed E-state index contributed by atoms with van der Waals surface area (Å²) in [5, 5.41) is 5.39. The van der Waals surface area contributed by atoms with Gasteiger partial charge in [-0.1, -0.05) is 36.4 Å². The molecule has 0 saturated heterocycles. The number of rotatable bonds is 0. The molecule has 0 heterocycles. The fourth-order valence-electron chi connectivity index (χ4n) is 3.37. The molecular weight excluding hydrogens is 372 g/mol. The maximum atomic E-state index is 2.99. The van der Waals surface area contributed by atoms with Crippen molar-refractivity contribution in [2.24, 2.45) is 10.8 Å². The first-order chi connectivity index (χ1) is 13.1. The molecule has 0 bridgehead atoms. The molecule has 0 radical (unpaired) electrons. The minimum atomic E-state index is 0.359. The second-order valence-electron chi connectivity index (χ2n) is 9.20. The maximum Gasteiger partial charge on any atom is -0.0771 e. The Morgan fingerprint density at radius 3 is 1.57 bits per heavy atom. The molecule has 144 valence electrons. The molecule has 1 heteroatoms. The van der Waals surface area contributed by atoms with Crippen molar-refractivity contribution in [3.05, 3.63) is 78.9 Å². The van der Waals surface area contributed by atoms with Gasteiger partial charge in [0.2, 0.25) is 0 Å². The Morgan fingerprint density at radius 1 is 0.821 bits per heavy atom. The standard InChI is InChI=1S/C13H9.C9H18.C5H5.Ti/c1-3-7-12-10(5-1)9-11-6-2-4-8-13(11)12;1-8(2,3)7-9(4,5)6;1-2-4-5-3-1;/h1-9H;1-6H3;1-3H,4H2;/q-1;;-1;+2. The van der Waals surface area contributed by atoms with Gasteiger partial charge in [0.1, 0.15) is 0 Å². The summed E-state index contributed by atoms with van der Waals surface area (Å²) >= 11 is 2.25. The van der Waals surface area contributed by atoms with Gasteiger partial charge in [0.15, 0.2) is 0 Å². The van der Waals surface area contributed by atoms with Crippen LogP contribution in [0.3, 0.4) is 0 Å². The van der Waals surface area contributed by atoms with Gasteiger partial charge >= 0.3 is 76.2 Å². The molecule has 4 rings (SSSR count). The fraction of sp³-hybridized carbons (Fsp3) is 0.333. The molecule has 3 aromatic carbocycles. The quantitative estimate of drug-likeness (QED) is 0.265. The van der Waals surface area contributed by atoms with Crippen LogP contribution in [0.5, 0.6) is 0 Å². The first kappa shape index (κ1) is 22.7. The van der Waals surface area contributed by atoms with E-state index in [1.807, 2.05) is 12.2 Å². The van der Waals surface area contributed by atoms with Crippen molar-refractivity contribution in [2.45, 2.75) is 48.0 Å². The third kappa shape index (κ3) is 6.47. The third-order valence-electron chi connectivity index (χ3n) is 4.61. The number of fused-ring (bicyclic) bond motifs is 3. The molecule has 0 spiro atoms. The van der Waals surface area contributed by atoms with Crippen molar-refractivity contribution in [2.75, 3.05) is 0 Å². The number of hydrogen-bond donors (Lipinski definition) is 0. The smallest absolute Gasteiger partial charge is 0.0771 e. The second-order valence-corrected chi connectivity index (χ2v) is 9.98. The van der Waals surface area contributed by atoms with Crippen molar-refractivity contribution in [3.63, 3.8) is 0 Å². The van der Waals surface area contributed by atoms with E-state index in [1.54, 1.807) is 3.81 Å². The van der Waals surface area contributed by atoms with Crippen LogP contribution in [0, 0.1) is 16.9 Å². The van der Waals surface area contributed by atoms with E-state index >= 15 is 0 Å². The van der Waals surface area contributed by atoms with Gasteiger partial charge in [0.05, 0.1) is 0 Å². The van der Waals surface area contributed by atoms with Crippen molar-refractivity contribution in [3.8, 4) is 0 Å². The molecule has 0 atom stereocenters. The van der Waals surface area contributed by atoms with E-state index in [-0.39, 0.29) is 0 Å². The first-order valence-corrected chi connectivity index (χ1v) is 10.7. The monoisotopic (exact) mass is 404 g/mol. The van der Waals surface area contributed by atoms with Crippen molar-refractivity contribution >= 4 is 25.4 Å². The summed E-state index contributed by atoms with van der Waals surface area (Å²) in [5.74, 6) is 0. The predicted octanol–water partition coefficient (Wildman–Crippen LogP) is 7.82. The molecule has 0 saturated carbocycles. The Bertz CT molecular complexity index is 892. The van der Waals surface area contributed by atoms with Gasteiger partial charge in [0, 0.05) is 0 Å². The van der Waals surface area contributed by atoms with E-state index in [0.29, 0.717) is 10.8 Å². The minimum Gasteiger partial charge on any atom is -0.273 e. The van der Waals surface area contributed by atoms with Crippen LogP contribution in [-0.2, 0) is 20.0 Å². The van der Waals surface area contributed by atoms with E-state index in [0.717, 1.165) is 6.42 Å². The average molecular weight is 404 g/mol. The van der Waals surface area contributed by atoms with Gasteiger partial charge in [0.25, 0.3) is 0 Å². The molecule has 1 aliphatic rings. The van der Waals surface area contributed by atoms with Gasteiger partial charge in [-0.3, -0.25) is 6.08 Å². The van der Waals surface area contributed by atoms with Crippen molar-refractivity contribution in [1.29, 1.82) is 0 Å². The topological polar surface area (TPSA) is 0 Å². The number of allylic oxidation sites excluding steroid dienone is 4. The summed E-state index contributed by atoms with van der Waals surface area (Å²) in [5.41, 5.74) is 0.719. The first-order valence-electron chi connectivity index (χ1n) is 9.95. The Labute approximate surface area is 182 Å². The number of hydrogen-bond acceptors (Lipinski definition) is 0. The zero-order valence-electron chi connectivity index (χ0n) is 18.1. The second kappa shape index (κ2) is 9.72. The molecule has 0 aromatic heterocycles. The van der Waals surface area contributed by atoms with Gasteiger partial charge < -0.3 is 0 Å². The Hall–Kier alpha value is -1.63. The molecule has 0 aliphatic heterocycles. The summed E-state index contributed by atoms with van der Waals surface area (Å²) < 4.78 is 1.57. The van der Waals surface area contributed by atoms with Crippen LogP contribution in [0.1, 0.15) is 48.0 Å². The third-order valence-corrected chi connectivity index (χ3v) is 6.95. The summed E-state index contributed by atoms with van der Waals surface area (Å²) in [7, 11) is 0. The maximum absolute atomic E-state index is 2.99. The van der Waals surface area contributed by atoms with Gasteiger partial charge in [-0.05, 0) is 0 Å². The van der Waals surface area contributed by atoms with Crippen LogP contribution >= 0.6 is 0 Å². The predicted molar refractivity (Wildman–Crippen MR) is 123 cm³/mol. The minimum absolute atomic E-state index is 0.359. The average Bonchev–Trinajstić information content (AvgIpc) is 3.31. The summed E-state index contributed by atoms with van der Waals surface area (Å²) in [4.78, 5) is 0. The summed E-state index contributed by atoms with van der Waals surface area (Å²) in [6.07, 6.45) is 10.0. The van der Waals surface area contributed by atoms with E-state index in [4.69, 9.17) is 0 Å². The molecule has 0 nitrogen and oxygen atoms in total. The molecular formula is C27H32Ti. The molecule has 0 fully saturated rings. The van der Waals surface area contributed by atoms with E-state index in [1.165, 1.54) is 21.5 Å². The fourth-order valence-corrected chi connectivity index (χ4v) is 3.37.